The fourth-order valence-electron chi connectivity index (χ4n) is 3.46. The van der Waals surface area contributed by atoms with E-state index >= 15 is 0 Å². The monoisotopic (exact) mass is 425 g/mol. The molecule has 0 aliphatic heterocycles. The number of rotatable bonds is 4. The number of fused-ring (bicyclic) bond motifs is 1. The molecule has 0 aliphatic carbocycles. The zero-order valence-electron chi connectivity index (χ0n) is 15.7. The van der Waals surface area contributed by atoms with E-state index in [0.717, 1.165) is 0 Å². The lowest BCUT2D eigenvalue weighted by molar-refractivity contribution is 0.416. The quantitative estimate of drug-likeness (QED) is 0.477. The van der Waals surface area contributed by atoms with Crippen molar-refractivity contribution in [1.82, 2.24) is 4.98 Å². The first-order valence-electron chi connectivity index (χ1n) is 8.86. The van der Waals surface area contributed by atoms with Gasteiger partial charge in [0.2, 0.25) is 5.56 Å². The first kappa shape index (κ1) is 19.8. The Bertz CT molecular complexity index is 1440. The molecule has 152 valence electrons. The van der Waals surface area contributed by atoms with Crippen molar-refractivity contribution in [3.8, 4) is 28.0 Å². The minimum Gasteiger partial charge on any atom is -0.496 e. The zero-order chi connectivity index (χ0) is 21.5. The van der Waals surface area contributed by atoms with E-state index in [4.69, 9.17) is 4.74 Å². The van der Waals surface area contributed by atoms with E-state index < -0.39 is 15.9 Å². The zero-order valence-corrected chi connectivity index (χ0v) is 16.5. The van der Waals surface area contributed by atoms with E-state index in [1.807, 2.05) is 0 Å². The van der Waals surface area contributed by atoms with Crippen LogP contribution >= 0.6 is 0 Å². The summed E-state index contributed by atoms with van der Waals surface area (Å²) in [4.78, 5) is 14.0. The van der Waals surface area contributed by atoms with Gasteiger partial charge in [0, 0.05) is 28.1 Å². The number of pyridine rings is 1. The van der Waals surface area contributed by atoms with E-state index in [0.29, 0.717) is 33.3 Å². The average Bonchev–Trinajstić information content (AvgIpc) is 2.71. The van der Waals surface area contributed by atoms with Crippen LogP contribution in [0, 0.1) is 5.82 Å². The van der Waals surface area contributed by atoms with Gasteiger partial charge >= 0.3 is 0 Å². The van der Waals surface area contributed by atoms with Gasteiger partial charge in [-0.2, -0.15) is 8.42 Å². The predicted molar refractivity (Wildman–Crippen MR) is 112 cm³/mol. The third kappa shape index (κ3) is 3.58. The third-order valence-electron chi connectivity index (χ3n) is 4.77. The maximum atomic E-state index is 13.7. The Labute approximate surface area is 171 Å². The third-order valence-corrected chi connectivity index (χ3v) is 5.67. The van der Waals surface area contributed by atoms with Crippen LogP contribution in [0.1, 0.15) is 0 Å². The predicted octanol–water partition coefficient (Wildman–Crippen LogP) is 4.26. The summed E-state index contributed by atoms with van der Waals surface area (Å²) >= 11 is 0. The van der Waals surface area contributed by atoms with Crippen molar-refractivity contribution >= 4 is 21.0 Å². The van der Waals surface area contributed by atoms with Crippen molar-refractivity contribution in [2.24, 2.45) is 0 Å². The van der Waals surface area contributed by atoms with Gasteiger partial charge in [0.05, 0.1) is 7.11 Å². The number of benzene rings is 3. The molecule has 4 rings (SSSR count). The van der Waals surface area contributed by atoms with Crippen LogP contribution in [0.3, 0.4) is 0 Å². The number of methoxy groups -OCH3 is 1. The second kappa shape index (κ2) is 7.40. The highest BCUT2D eigenvalue weighted by Crippen LogP contribution is 2.41. The molecule has 0 aliphatic rings. The molecule has 4 aromatic rings. The van der Waals surface area contributed by atoms with E-state index in [1.54, 1.807) is 30.3 Å². The number of hydrogen-bond donors (Lipinski definition) is 2. The molecule has 0 fully saturated rings. The molecule has 0 bridgehead atoms. The van der Waals surface area contributed by atoms with Crippen molar-refractivity contribution < 1.29 is 22.1 Å². The van der Waals surface area contributed by atoms with Crippen LogP contribution < -0.4 is 10.3 Å². The van der Waals surface area contributed by atoms with E-state index in [-0.39, 0.29) is 16.0 Å². The van der Waals surface area contributed by atoms with Crippen LogP contribution in [0.5, 0.6) is 5.75 Å². The van der Waals surface area contributed by atoms with Crippen molar-refractivity contribution in [2.45, 2.75) is 4.90 Å². The first-order valence-corrected chi connectivity index (χ1v) is 10.3. The number of aromatic amines is 1. The Kier molecular flexibility index (Phi) is 4.89. The number of hydrogen-bond acceptors (Lipinski definition) is 4. The molecule has 3 aromatic carbocycles. The molecular weight excluding hydrogens is 409 g/mol. The number of halogens is 1. The van der Waals surface area contributed by atoms with Crippen LogP contribution in [-0.2, 0) is 10.1 Å². The molecule has 0 saturated carbocycles. The average molecular weight is 425 g/mol. The minimum absolute atomic E-state index is 0.168. The second-order valence-electron chi connectivity index (χ2n) is 6.62. The lowest BCUT2D eigenvalue weighted by atomic mass is 9.95. The van der Waals surface area contributed by atoms with E-state index in [2.05, 4.69) is 4.98 Å². The smallest absolute Gasteiger partial charge is 0.295 e. The van der Waals surface area contributed by atoms with Gasteiger partial charge in [-0.3, -0.25) is 9.35 Å². The van der Waals surface area contributed by atoms with Crippen molar-refractivity contribution in [1.29, 1.82) is 0 Å². The molecule has 1 aromatic heterocycles. The molecule has 0 amide bonds. The van der Waals surface area contributed by atoms with Crippen LogP contribution in [0.25, 0.3) is 33.2 Å². The Hall–Kier alpha value is -3.49. The normalized spacial score (nSPS) is 11.6. The Morgan fingerprint density at radius 2 is 1.73 bits per heavy atom. The van der Waals surface area contributed by atoms with Gasteiger partial charge in [0.25, 0.3) is 10.1 Å². The summed E-state index contributed by atoms with van der Waals surface area (Å²) in [7, 11) is -3.17. The van der Waals surface area contributed by atoms with Crippen molar-refractivity contribution in [2.75, 3.05) is 7.11 Å². The first-order chi connectivity index (χ1) is 14.3. The summed E-state index contributed by atoms with van der Waals surface area (Å²) < 4.78 is 53.3. The molecule has 0 radical (unpaired) electrons. The van der Waals surface area contributed by atoms with Crippen molar-refractivity contribution in [3.05, 3.63) is 82.9 Å². The molecule has 0 saturated heterocycles. The highest BCUT2D eigenvalue weighted by molar-refractivity contribution is 7.86. The molecule has 1 heterocycles. The summed E-state index contributed by atoms with van der Waals surface area (Å²) in [5.41, 5.74) is 1.77. The Morgan fingerprint density at radius 3 is 2.43 bits per heavy atom. The van der Waals surface area contributed by atoms with Gasteiger partial charge in [-0.15, -0.1) is 0 Å². The van der Waals surface area contributed by atoms with Crippen LogP contribution in [-0.4, -0.2) is 25.1 Å². The standard InChI is InChI=1S/C22H16FNO5S/c1-29-19-8-5-14(13-3-2-4-15(23)11-13)12-17(19)22-16-6-10-21(25)24-18(16)7-9-20(22)30(26,27)28/h2-12H,1H3,(H,24,25)(H,26,27,28). The second-order valence-corrected chi connectivity index (χ2v) is 8.01. The Morgan fingerprint density at radius 1 is 0.967 bits per heavy atom. The molecule has 0 atom stereocenters. The molecule has 2 N–H and O–H groups in total. The van der Waals surface area contributed by atoms with Gasteiger partial charge in [0.1, 0.15) is 16.5 Å². The van der Waals surface area contributed by atoms with Gasteiger partial charge in [0.15, 0.2) is 0 Å². The minimum atomic E-state index is -4.60. The van der Waals surface area contributed by atoms with Crippen LogP contribution in [0.4, 0.5) is 4.39 Å². The maximum Gasteiger partial charge on any atom is 0.295 e. The summed E-state index contributed by atoms with van der Waals surface area (Å²) in [6, 6.07) is 16.4. The van der Waals surface area contributed by atoms with Gasteiger partial charge in [-0.1, -0.05) is 18.2 Å². The summed E-state index contributed by atoms with van der Waals surface area (Å²) in [6.45, 7) is 0. The Balaban J connectivity index is 2.11. The fourth-order valence-corrected chi connectivity index (χ4v) is 4.18. The fraction of sp³-hybridized carbons (Fsp3) is 0.0455. The molecule has 0 spiro atoms. The summed E-state index contributed by atoms with van der Waals surface area (Å²) in [6.07, 6.45) is 0. The van der Waals surface area contributed by atoms with Gasteiger partial charge < -0.3 is 9.72 Å². The highest BCUT2D eigenvalue weighted by Gasteiger charge is 2.22. The summed E-state index contributed by atoms with van der Waals surface area (Å²) in [5, 5.41) is 0.402. The largest absolute Gasteiger partial charge is 0.496 e. The molecule has 6 nitrogen and oxygen atoms in total. The summed E-state index contributed by atoms with van der Waals surface area (Å²) in [5.74, 6) is -0.0648. The number of nitrogens with one attached hydrogen (secondary N) is 1. The van der Waals surface area contributed by atoms with Crippen LogP contribution in [0.15, 0.2) is 76.4 Å². The van der Waals surface area contributed by atoms with Gasteiger partial charge in [-0.05, 0) is 53.6 Å². The van der Waals surface area contributed by atoms with Crippen molar-refractivity contribution in [3.63, 3.8) is 0 Å². The maximum absolute atomic E-state index is 13.7. The molecule has 0 unspecified atom stereocenters. The topological polar surface area (TPSA) is 96.5 Å². The molecule has 8 heteroatoms. The molecule has 30 heavy (non-hydrogen) atoms. The number of ether oxygens (including phenoxy) is 1. The van der Waals surface area contributed by atoms with Crippen LogP contribution in [0.2, 0.25) is 0 Å². The van der Waals surface area contributed by atoms with E-state index in [1.165, 1.54) is 43.5 Å². The van der Waals surface area contributed by atoms with Gasteiger partial charge in [-0.25, -0.2) is 4.39 Å². The number of aromatic nitrogens is 1. The lowest BCUT2D eigenvalue weighted by Gasteiger charge is -2.16. The van der Waals surface area contributed by atoms with E-state index in [9.17, 15) is 22.2 Å². The molecular formula is C22H16FNO5S. The lowest BCUT2D eigenvalue weighted by Crippen LogP contribution is -2.06. The number of H-pyrrole nitrogens is 1. The SMILES string of the molecule is COc1ccc(-c2cccc(F)c2)cc1-c1c(S(=O)(=O)O)ccc2[nH]c(=O)ccc12. The highest BCUT2D eigenvalue weighted by atomic mass is 32.2.